The summed E-state index contributed by atoms with van der Waals surface area (Å²) >= 11 is 1.91. The van der Waals surface area contributed by atoms with Crippen LogP contribution < -0.4 is 4.74 Å². The average molecular weight is 351 g/mol. The third-order valence-electron chi connectivity index (χ3n) is 7.26. The van der Waals surface area contributed by atoms with E-state index in [0.717, 1.165) is 12.2 Å². The van der Waals surface area contributed by atoms with E-state index in [1.54, 1.807) is 0 Å². The number of allylic oxidation sites excluding steroid dienone is 1. The molecule has 5 rings (SSSR count). The Morgan fingerprint density at radius 1 is 1.12 bits per heavy atom. The molecule has 0 amide bonds. The van der Waals surface area contributed by atoms with Crippen LogP contribution in [0.3, 0.4) is 0 Å². The molecule has 25 heavy (non-hydrogen) atoms. The number of hydrogen-bond acceptors (Lipinski definition) is 2. The van der Waals surface area contributed by atoms with Crippen molar-refractivity contribution in [3.8, 4) is 5.75 Å². The minimum absolute atomic E-state index is 0.0485. The Morgan fingerprint density at radius 3 is 2.84 bits per heavy atom. The Bertz CT molecular complexity index is 820. The van der Waals surface area contributed by atoms with E-state index in [4.69, 9.17) is 4.74 Å². The summed E-state index contributed by atoms with van der Waals surface area (Å²) in [6, 6.07) is 13.2. The lowest BCUT2D eigenvalue weighted by atomic mass is 9.49. The number of ether oxygens (including phenoxy) is 1. The van der Waals surface area contributed by atoms with Gasteiger partial charge in [-0.3, -0.25) is 0 Å². The highest BCUT2D eigenvalue weighted by molar-refractivity contribution is 7.10. The molecule has 1 spiro atoms. The van der Waals surface area contributed by atoms with Gasteiger partial charge in [0.25, 0.3) is 0 Å². The Kier molecular flexibility index (Phi) is 3.44. The second-order valence-corrected chi connectivity index (χ2v) is 9.33. The Labute approximate surface area is 154 Å². The monoisotopic (exact) mass is 350 g/mol. The molecule has 1 aromatic carbocycles. The number of fused-ring (bicyclic) bond motifs is 1. The zero-order valence-electron chi connectivity index (χ0n) is 15.1. The Balaban J connectivity index is 1.71. The second-order valence-electron chi connectivity index (χ2n) is 8.35. The van der Waals surface area contributed by atoms with E-state index in [1.807, 2.05) is 11.3 Å². The van der Waals surface area contributed by atoms with Gasteiger partial charge < -0.3 is 4.74 Å². The lowest BCUT2D eigenvalue weighted by Gasteiger charge is -2.61. The van der Waals surface area contributed by atoms with Crippen molar-refractivity contribution >= 4 is 11.3 Å². The predicted octanol–water partition coefficient (Wildman–Crippen LogP) is 6.36. The van der Waals surface area contributed by atoms with Crippen LogP contribution >= 0.6 is 11.3 Å². The van der Waals surface area contributed by atoms with Crippen LogP contribution in [0, 0.1) is 11.3 Å². The van der Waals surface area contributed by atoms with Crippen LogP contribution in [0.1, 0.15) is 55.9 Å². The lowest BCUT2D eigenvalue weighted by Crippen LogP contribution is -2.63. The van der Waals surface area contributed by atoms with Gasteiger partial charge in [0.15, 0.2) is 0 Å². The van der Waals surface area contributed by atoms with Gasteiger partial charge in [-0.1, -0.05) is 49.3 Å². The molecule has 1 fully saturated rings. The van der Waals surface area contributed by atoms with Gasteiger partial charge in [-0.15, -0.1) is 11.3 Å². The Hall–Kier alpha value is -1.54. The molecular weight excluding hydrogens is 324 g/mol. The minimum Gasteiger partial charge on any atom is -0.486 e. The van der Waals surface area contributed by atoms with Crippen molar-refractivity contribution in [2.24, 2.45) is 11.3 Å². The molecular formula is C23H26OS. The molecule has 2 aromatic rings. The van der Waals surface area contributed by atoms with Crippen molar-refractivity contribution in [1.82, 2.24) is 0 Å². The van der Waals surface area contributed by atoms with Crippen LogP contribution in [0.15, 0.2) is 53.4 Å². The van der Waals surface area contributed by atoms with Crippen molar-refractivity contribution in [1.29, 1.82) is 0 Å². The molecule has 0 saturated heterocycles. The molecule has 2 heterocycles. The normalized spacial score (nSPS) is 36.5. The summed E-state index contributed by atoms with van der Waals surface area (Å²) in [7, 11) is 0. The number of para-hydroxylation sites is 1. The van der Waals surface area contributed by atoms with E-state index in [0.29, 0.717) is 11.8 Å². The van der Waals surface area contributed by atoms with E-state index in [2.05, 4.69) is 61.7 Å². The maximum absolute atomic E-state index is 6.99. The first-order chi connectivity index (χ1) is 12.1. The molecule has 0 bridgehead atoms. The summed E-state index contributed by atoms with van der Waals surface area (Å²) in [6.45, 7) is 4.82. The third kappa shape index (κ3) is 2.07. The highest BCUT2D eigenvalue weighted by Gasteiger charge is 2.62. The highest BCUT2D eigenvalue weighted by atomic mass is 32.1. The fourth-order valence-corrected chi connectivity index (χ4v) is 6.71. The van der Waals surface area contributed by atoms with E-state index >= 15 is 0 Å². The minimum atomic E-state index is -0.0485. The van der Waals surface area contributed by atoms with Crippen LogP contribution in [-0.2, 0) is 6.42 Å². The maximum Gasteiger partial charge on any atom is 0.123 e. The van der Waals surface area contributed by atoms with Gasteiger partial charge >= 0.3 is 0 Å². The summed E-state index contributed by atoms with van der Waals surface area (Å²) in [6.07, 6.45) is 8.79. The van der Waals surface area contributed by atoms with E-state index in [9.17, 15) is 0 Å². The van der Waals surface area contributed by atoms with E-state index in [-0.39, 0.29) is 11.0 Å². The van der Waals surface area contributed by atoms with Crippen molar-refractivity contribution in [2.45, 2.75) is 57.5 Å². The number of hydrogen-bond donors (Lipinski definition) is 0. The molecule has 1 aromatic heterocycles. The molecule has 4 atom stereocenters. The van der Waals surface area contributed by atoms with E-state index < -0.39 is 0 Å². The van der Waals surface area contributed by atoms with Gasteiger partial charge in [0, 0.05) is 22.1 Å². The second kappa shape index (κ2) is 5.48. The molecule has 3 aliphatic rings. The van der Waals surface area contributed by atoms with Gasteiger partial charge in [-0.05, 0) is 55.7 Å². The lowest BCUT2D eigenvalue weighted by molar-refractivity contribution is -0.126. The van der Waals surface area contributed by atoms with Gasteiger partial charge in [-0.25, -0.2) is 0 Å². The first-order valence-corrected chi connectivity index (χ1v) is 10.5. The summed E-state index contributed by atoms with van der Waals surface area (Å²) < 4.78 is 6.99. The maximum atomic E-state index is 6.99. The van der Waals surface area contributed by atoms with Gasteiger partial charge in [0.1, 0.15) is 11.4 Å². The number of thiophene rings is 1. The van der Waals surface area contributed by atoms with Crippen LogP contribution in [0.5, 0.6) is 5.75 Å². The zero-order chi connectivity index (χ0) is 17.1. The molecule has 0 N–H and O–H groups in total. The van der Waals surface area contributed by atoms with Crippen LogP contribution in [-0.4, -0.2) is 5.60 Å². The SMILES string of the molecule is CC1=C[C@H](c2cccs2)[C@H]2CCCC[C@]23Oc2ccccc2C[C@@]13C. The Morgan fingerprint density at radius 2 is 2.00 bits per heavy atom. The first-order valence-electron chi connectivity index (χ1n) is 9.63. The van der Waals surface area contributed by atoms with Crippen LogP contribution in [0.2, 0.25) is 0 Å². The molecule has 130 valence electrons. The van der Waals surface area contributed by atoms with Crippen LogP contribution in [0.4, 0.5) is 0 Å². The van der Waals surface area contributed by atoms with Gasteiger partial charge in [-0.2, -0.15) is 0 Å². The summed E-state index contributed by atoms with van der Waals surface area (Å²) in [5.74, 6) is 2.23. The van der Waals surface area contributed by atoms with Crippen molar-refractivity contribution in [3.05, 3.63) is 63.9 Å². The summed E-state index contributed by atoms with van der Waals surface area (Å²) in [4.78, 5) is 1.51. The topological polar surface area (TPSA) is 9.23 Å². The predicted molar refractivity (Wildman–Crippen MR) is 104 cm³/mol. The van der Waals surface area contributed by atoms with Crippen molar-refractivity contribution in [3.63, 3.8) is 0 Å². The molecule has 2 aliphatic carbocycles. The largest absolute Gasteiger partial charge is 0.486 e. The average Bonchev–Trinajstić information content (AvgIpc) is 3.15. The van der Waals surface area contributed by atoms with Crippen LogP contribution in [0.25, 0.3) is 0 Å². The fourth-order valence-electron chi connectivity index (χ4n) is 5.84. The van der Waals surface area contributed by atoms with Crippen molar-refractivity contribution in [2.75, 3.05) is 0 Å². The summed E-state index contributed by atoms with van der Waals surface area (Å²) in [5, 5.41) is 2.22. The van der Waals surface area contributed by atoms with Crippen molar-refractivity contribution < 1.29 is 4.74 Å². The molecule has 1 saturated carbocycles. The van der Waals surface area contributed by atoms with Gasteiger partial charge in [0.2, 0.25) is 0 Å². The molecule has 0 unspecified atom stereocenters. The highest BCUT2D eigenvalue weighted by Crippen LogP contribution is 2.63. The fraction of sp³-hybridized carbons (Fsp3) is 0.478. The molecule has 1 aliphatic heterocycles. The quantitative estimate of drug-likeness (QED) is 0.544. The number of rotatable bonds is 1. The molecule has 1 nitrogen and oxygen atoms in total. The van der Waals surface area contributed by atoms with Gasteiger partial charge in [0.05, 0.1) is 0 Å². The third-order valence-corrected chi connectivity index (χ3v) is 8.23. The zero-order valence-corrected chi connectivity index (χ0v) is 15.9. The summed E-state index contributed by atoms with van der Waals surface area (Å²) in [5.41, 5.74) is 2.97. The smallest absolute Gasteiger partial charge is 0.123 e. The standard InChI is InChI=1S/C23H26OS/c1-16-14-18(21-11-7-13-25-21)19-9-5-6-12-23(19)22(16,2)15-17-8-3-4-10-20(17)24-23/h3-4,7-8,10-11,13-14,18-19H,5-6,9,12,15H2,1-2H3/t18-,19+,22-,23-/m0/s1. The first kappa shape index (κ1) is 15.7. The number of benzene rings is 1. The molecule has 0 radical (unpaired) electrons. The molecule has 2 heteroatoms. The van der Waals surface area contributed by atoms with E-state index in [1.165, 1.54) is 41.7 Å².